The van der Waals surface area contributed by atoms with E-state index in [0.717, 1.165) is 60.3 Å². The normalized spacial score (nSPS) is 14.1. The van der Waals surface area contributed by atoms with Crippen molar-refractivity contribution in [2.75, 3.05) is 36.5 Å². The zero-order chi connectivity index (χ0) is 20.4. The predicted molar refractivity (Wildman–Crippen MR) is 113 cm³/mol. The molecule has 0 atom stereocenters. The van der Waals surface area contributed by atoms with Gasteiger partial charge in [0, 0.05) is 42.8 Å². The molecule has 0 aliphatic carbocycles. The lowest BCUT2D eigenvalue weighted by atomic mass is 10.1. The minimum atomic E-state index is -0.231. The van der Waals surface area contributed by atoms with E-state index in [9.17, 15) is 4.79 Å². The summed E-state index contributed by atoms with van der Waals surface area (Å²) in [4.78, 5) is 19.6. The van der Waals surface area contributed by atoms with E-state index >= 15 is 0 Å². The van der Waals surface area contributed by atoms with Gasteiger partial charge in [0.1, 0.15) is 5.69 Å². The number of carbonyl (C=O) groups is 1. The molecule has 2 aromatic heterocycles. The Labute approximate surface area is 170 Å². The molecule has 7 heteroatoms. The average molecular weight is 391 g/mol. The Kier molecular flexibility index (Phi) is 5.31. The SMILES string of the molecule is Cc1nn(C)c(C)c1-c1cccc(C(=O)Nc2ccc(N3CCOCC3)cc2)n1. The number of benzene rings is 1. The van der Waals surface area contributed by atoms with Gasteiger partial charge in [-0.3, -0.25) is 9.48 Å². The second-order valence-electron chi connectivity index (χ2n) is 7.18. The molecule has 4 rings (SSSR count). The minimum Gasteiger partial charge on any atom is -0.378 e. The largest absolute Gasteiger partial charge is 0.378 e. The first-order valence-corrected chi connectivity index (χ1v) is 9.74. The lowest BCUT2D eigenvalue weighted by Gasteiger charge is -2.28. The number of amides is 1. The third kappa shape index (κ3) is 4.00. The van der Waals surface area contributed by atoms with E-state index in [2.05, 4.69) is 20.3 Å². The van der Waals surface area contributed by atoms with Gasteiger partial charge in [-0.15, -0.1) is 0 Å². The Bertz CT molecular complexity index is 1020. The second-order valence-corrected chi connectivity index (χ2v) is 7.18. The molecule has 1 aliphatic rings. The highest BCUT2D eigenvalue weighted by atomic mass is 16.5. The van der Waals surface area contributed by atoms with Crippen LogP contribution in [0.1, 0.15) is 21.9 Å². The van der Waals surface area contributed by atoms with Crippen LogP contribution >= 0.6 is 0 Å². The van der Waals surface area contributed by atoms with Crippen LogP contribution in [-0.2, 0) is 11.8 Å². The number of nitrogens with zero attached hydrogens (tertiary/aromatic N) is 4. The van der Waals surface area contributed by atoms with Crippen LogP contribution in [0.4, 0.5) is 11.4 Å². The number of rotatable bonds is 4. The molecule has 1 aliphatic heterocycles. The molecular formula is C22H25N5O2. The van der Waals surface area contributed by atoms with Crippen LogP contribution in [-0.4, -0.2) is 47.0 Å². The molecule has 0 bridgehead atoms. The van der Waals surface area contributed by atoms with Crippen LogP contribution < -0.4 is 10.2 Å². The van der Waals surface area contributed by atoms with Crippen LogP contribution in [0.3, 0.4) is 0 Å². The van der Waals surface area contributed by atoms with E-state index in [0.29, 0.717) is 5.69 Å². The molecule has 7 nitrogen and oxygen atoms in total. The van der Waals surface area contributed by atoms with E-state index in [1.165, 1.54) is 0 Å². The van der Waals surface area contributed by atoms with Crippen LogP contribution in [0, 0.1) is 13.8 Å². The molecular weight excluding hydrogens is 366 g/mol. The summed E-state index contributed by atoms with van der Waals surface area (Å²) < 4.78 is 7.22. The first-order chi connectivity index (χ1) is 14.0. The fourth-order valence-electron chi connectivity index (χ4n) is 3.62. The smallest absolute Gasteiger partial charge is 0.274 e. The Morgan fingerprint density at radius 3 is 2.45 bits per heavy atom. The van der Waals surface area contributed by atoms with Crippen molar-refractivity contribution in [3.8, 4) is 11.3 Å². The number of morpholine rings is 1. The zero-order valence-corrected chi connectivity index (χ0v) is 17.0. The van der Waals surface area contributed by atoms with E-state index in [1.807, 2.05) is 62.0 Å². The lowest BCUT2D eigenvalue weighted by Crippen LogP contribution is -2.36. The van der Waals surface area contributed by atoms with Gasteiger partial charge >= 0.3 is 0 Å². The Hall–Kier alpha value is -3.19. The van der Waals surface area contributed by atoms with Crippen molar-refractivity contribution in [2.24, 2.45) is 7.05 Å². The summed E-state index contributed by atoms with van der Waals surface area (Å²) in [5, 5.41) is 7.38. The average Bonchev–Trinajstić information content (AvgIpc) is 3.00. The topological polar surface area (TPSA) is 72.3 Å². The van der Waals surface area contributed by atoms with Crippen molar-refractivity contribution >= 4 is 17.3 Å². The molecule has 0 spiro atoms. The molecule has 29 heavy (non-hydrogen) atoms. The highest BCUT2D eigenvalue weighted by molar-refractivity contribution is 6.03. The molecule has 150 valence electrons. The van der Waals surface area contributed by atoms with Gasteiger partial charge in [0.15, 0.2) is 0 Å². The molecule has 0 unspecified atom stereocenters. The minimum absolute atomic E-state index is 0.231. The fraction of sp³-hybridized carbons (Fsp3) is 0.318. The van der Waals surface area contributed by atoms with Crippen molar-refractivity contribution in [3.63, 3.8) is 0 Å². The highest BCUT2D eigenvalue weighted by Gasteiger charge is 2.16. The van der Waals surface area contributed by atoms with Crippen molar-refractivity contribution in [1.82, 2.24) is 14.8 Å². The molecule has 0 saturated carbocycles. The maximum absolute atomic E-state index is 12.7. The quantitative estimate of drug-likeness (QED) is 0.740. The van der Waals surface area contributed by atoms with Gasteiger partial charge < -0.3 is 15.0 Å². The molecule has 1 aromatic carbocycles. The number of aromatic nitrogens is 3. The van der Waals surface area contributed by atoms with Gasteiger partial charge in [-0.25, -0.2) is 4.98 Å². The van der Waals surface area contributed by atoms with Crippen LogP contribution in [0.15, 0.2) is 42.5 Å². The summed E-state index contributed by atoms with van der Waals surface area (Å²) >= 11 is 0. The number of aryl methyl sites for hydroxylation is 2. The number of hydrogen-bond donors (Lipinski definition) is 1. The number of carbonyl (C=O) groups excluding carboxylic acids is 1. The fourth-order valence-corrected chi connectivity index (χ4v) is 3.62. The van der Waals surface area contributed by atoms with Gasteiger partial charge in [-0.1, -0.05) is 6.07 Å². The van der Waals surface area contributed by atoms with Crippen molar-refractivity contribution in [3.05, 3.63) is 59.5 Å². The van der Waals surface area contributed by atoms with Gasteiger partial charge in [0.05, 0.1) is 24.6 Å². The lowest BCUT2D eigenvalue weighted by molar-refractivity contribution is 0.102. The summed E-state index contributed by atoms with van der Waals surface area (Å²) in [6, 6.07) is 13.4. The number of anilines is 2. The standard InChI is InChI=1S/C22H25N5O2/c1-15-21(16(2)26(3)25-15)19-5-4-6-20(24-19)22(28)23-17-7-9-18(10-8-17)27-11-13-29-14-12-27/h4-10H,11-14H2,1-3H3,(H,23,28). The Morgan fingerprint density at radius 2 is 1.79 bits per heavy atom. The van der Waals surface area contributed by atoms with Gasteiger partial charge in [0.25, 0.3) is 5.91 Å². The van der Waals surface area contributed by atoms with Crippen LogP contribution in [0.25, 0.3) is 11.3 Å². The first-order valence-electron chi connectivity index (χ1n) is 9.74. The molecule has 3 heterocycles. The van der Waals surface area contributed by atoms with E-state index < -0.39 is 0 Å². The monoisotopic (exact) mass is 391 g/mol. The third-order valence-corrected chi connectivity index (χ3v) is 5.25. The van der Waals surface area contributed by atoms with Gasteiger partial charge in [-0.2, -0.15) is 5.10 Å². The number of ether oxygens (including phenoxy) is 1. The van der Waals surface area contributed by atoms with E-state index in [1.54, 1.807) is 6.07 Å². The summed E-state index contributed by atoms with van der Waals surface area (Å²) in [6.45, 7) is 7.21. The first kappa shape index (κ1) is 19.1. The number of hydrogen-bond acceptors (Lipinski definition) is 5. The molecule has 1 N–H and O–H groups in total. The summed E-state index contributed by atoms with van der Waals surface area (Å²) in [6.07, 6.45) is 0. The van der Waals surface area contributed by atoms with Crippen molar-refractivity contribution in [2.45, 2.75) is 13.8 Å². The van der Waals surface area contributed by atoms with Crippen molar-refractivity contribution in [1.29, 1.82) is 0 Å². The third-order valence-electron chi connectivity index (χ3n) is 5.25. The Balaban J connectivity index is 1.50. The second kappa shape index (κ2) is 8.05. The maximum Gasteiger partial charge on any atom is 0.274 e. The van der Waals surface area contributed by atoms with Gasteiger partial charge in [-0.05, 0) is 50.2 Å². The van der Waals surface area contributed by atoms with E-state index in [-0.39, 0.29) is 5.91 Å². The molecule has 1 saturated heterocycles. The predicted octanol–water partition coefficient (Wildman–Crippen LogP) is 3.19. The molecule has 3 aromatic rings. The van der Waals surface area contributed by atoms with E-state index in [4.69, 9.17) is 4.74 Å². The van der Waals surface area contributed by atoms with Crippen LogP contribution in [0.2, 0.25) is 0 Å². The number of nitrogens with one attached hydrogen (secondary N) is 1. The van der Waals surface area contributed by atoms with Crippen molar-refractivity contribution < 1.29 is 9.53 Å². The summed E-state index contributed by atoms with van der Waals surface area (Å²) in [5.41, 5.74) is 5.89. The molecule has 1 fully saturated rings. The summed E-state index contributed by atoms with van der Waals surface area (Å²) in [5.74, 6) is -0.231. The van der Waals surface area contributed by atoms with Crippen LogP contribution in [0.5, 0.6) is 0 Å². The molecule has 1 amide bonds. The van der Waals surface area contributed by atoms with Gasteiger partial charge in [0.2, 0.25) is 0 Å². The summed E-state index contributed by atoms with van der Waals surface area (Å²) in [7, 11) is 1.91. The maximum atomic E-state index is 12.7. The number of pyridine rings is 1. The highest BCUT2D eigenvalue weighted by Crippen LogP contribution is 2.25. The zero-order valence-electron chi connectivity index (χ0n) is 17.0. The Morgan fingerprint density at radius 1 is 1.07 bits per heavy atom. The molecule has 0 radical (unpaired) electrons.